The predicted octanol–water partition coefficient (Wildman–Crippen LogP) is 4.24. The fourth-order valence-electron chi connectivity index (χ4n) is 3.86. The van der Waals surface area contributed by atoms with Crippen LogP contribution in [0, 0.1) is 5.82 Å². The molecule has 2 aromatic carbocycles. The molecule has 1 atom stereocenters. The number of nitrogens with zero attached hydrogens (tertiary/aromatic N) is 2. The van der Waals surface area contributed by atoms with Gasteiger partial charge < -0.3 is 25.2 Å². The number of rotatable bonds is 8. The highest BCUT2D eigenvalue weighted by Gasteiger charge is 2.24. The molecule has 1 heterocycles. The van der Waals surface area contributed by atoms with Crippen molar-refractivity contribution in [3.05, 3.63) is 59.4 Å². The van der Waals surface area contributed by atoms with Crippen molar-refractivity contribution in [3.8, 4) is 0 Å². The van der Waals surface area contributed by atoms with Crippen LogP contribution in [0.2, 0.25) is 0 Å². The Hall–Kier alpha value is -3.13. The van der Waals surface area contributed by atoms with Gasteiger partial charge in [-0.15, -0.1) is 0 Å². The highest BCUT2D eigenvalue weighted by Crippen LogP contribution is 2.26. The summed E-state index contributed by atoms with van der Waals surface area (Å²) in [5, 5.41) is 5.80. The summed E-state index contributed by atoms with van der Waals surface area (Å²) in [5.74, 6) is -0.862. The molecule has 0 aromatic heterocycles. The lowest BCUT2D eigenvalue weighted by Crippen LogP contribution is -2.45. The third-order valence-electron chi connectivity index (χ3n) is 5.41. The number of carbonyl (C=O) groups excluding carboxylic acids is 2. The lowest BCUT2D eigenvalue weighted by molar-refractivity contribution is 0.0791. The summed E-state index contributed by atoms with van der Waals surface area (Å²) < 4.78 is 19.3. The topological polar surface area (TPSA) is 73.9 Å². The Morgan fingerprint density at radius 1 is 1.18 bits per heavy atom. The van der Waals surface area contributed by atoms with Crippen LogP contribution in [0.5, 0.6) is 0 Å². The van der Waals surface area contributed by atoms with Gasteiger partial charge in [-0.25, -0.2) is 9.18 Å². The van der Waals surface area contributed by atoms with Crippen LogP contribution in [0.25, 0.3) is 0 Å². The molecule has 3 amide bonds. The number of hydrogen-bond donors (Lipinski definition) is 2. The molecule has 7 nitrogen and oxygen atoms in total. The molecular formula is C25H33FN4O3. The van der Waals surface area contributed by atoms with Crippen molar-refractivity contribution < 1.29 is 18.7 Å². The number of benzene rings is 2. The molecule has 0 saturated carbocycles. The molecule has 3 rings (SSSR count). The van der Waals surface area contributed by atoms with Gasteiger partial charge in [0.05, 0.1) is 6.10 Å². The Bertz CT molecular complexity index is 974. The van der Waals surface area contributed by atoms with Crippen LogP contribution in [-0.2, 0) is 11.3 Å². The Balaban J connectivity index is 1.84. The van der Waals surface area contributed by atoms with E-state index < -0.39 is 11.7 Å². The average molecular weight is 457 g/mol. The molecule has 0 aliphatic carbocycles. The number of halogens is 1. The van der Waals surface area contributed by atoms with Crippen LogP contribution in [0.4, 0.5) is 20.6 Å². The average Bonchev–Trinajstić information content (AvgIpc) is 3.26. The molecule has 1 saturated heterocycles. The third-order valence-corrected chi connectivity index (χ3v) is 5.41. The van der Waals surface area contributed by atoms with Gasteiger partial charge in [0, 0.05) is 56.8 Å². The van der Waals surface area contributed by atoms with Crippen molar-refractivity contribution >= 4 is 23.3 Å². The van der Waals surface area contributed by atoms with Gasteiger partial charge in [0.15, 0.2) is 0 Å². The predicted molar refractivity (Wildman–Crippen MR) is 128 cm³/mol. The summed E-state index contributed by atoms with van der Waals surface area (Å²) in [6.07, 6.45) is 1.94. The molecule has 0 radical (unpaired) electrons. The number of nitrogens with one attached hydrogen (secondary N) is 2. The number of anilines is 2. The normalized spacial score (nSPS) is 15.4. The van der Waals surface area contributed by atoms with Crippen molar-refractivity contribution in [2.45, 2.75) is 45.4 Å². The minimum atomic E-state index is -0.466. The number of hydrogen-bond acceptors (Lipinski definition) is 4. The number of ether oxygens (including phenoxy) is 1. The standard InChI is InChI=1S/C25H33FN4O3/c1-17(2)27-25(32)30(16-22-9-6-12-33-22)15-19-14-21(10-11-23(19)29(3)4)28-24(31)18-7-5-8-20(26)13-18/h5,7-8,10-11,13-14,17,22H,6,9,12,15-16H2,1-4H3,(H,27,32)(H,28,31)/t22-/m0/s1. The molecule has 0 bridgehead atoms. The molecule has 178 valence electrons. The SMILES string of the molecule is CC(C)NC(=O)N(Cc1cc(NC(=O)c2cccc(F)c2)ccc1N(C)C)C[C@@H]1CCCO1. The maximum atomic E-state index is 13.5. The minimum Gasteiger partial charge on any atom is -0.377 e. The first-order chi connectivity index (χ1) is 15.7. The highest BCUT2D eigenvalue weighted by atomic mass is 19.1. The molecule has 1 aliphatic rings. The van der Waals surface area contributed by atoms with E-state index in [4.69, 9.17) is 4.74 Å². The van der Waals surface area contributed by atoms with E-state index in [1.54, 1.807) is 17.0 Å². The quantitative estimate of drug-likeness (QED) is 0.623. The monoisotopic (exact) mass is 456 g/mol. The molecular weight excluding hydrogens is 423 g/mol. The fourth-order valence-corrected chi connectivity index (χ4v) is 3.86. The number of amides is 3. The van der Waals surface area contributed by atoms with Crippen molar-refractivity contribution in [1.82, 2.24) is 10.2 Å². The molecule has 0 spiro atoms. The van der Waals surface area contributed by atoms with E-state index in [0.717, 1.165) is 30.7 Å². The van der Waals surface area contributed by atoms with Gasteiger partial charge >= 0.3 is 6.03 Å². The Kier molecular flexibility index (Phi) is 8.27. The first-order valence-corrected chi connectivity index (χ1v) is 11.3. The van der Waals surface area contributed by atoms with Gasteiger partial charge in [0.2, 0.25) is 0 Å². The molecule has 1 fully saturated rings. The zero-order valence-electron chi connectivity index (χ0n) is 19.7. The molecule has 2 N–H and O–H groups in total. The second kappa shape index (κ2) is 11.1. The number of urea groups is 1. The summed E-state index contributed by atoms with van der Waals surface area (Å²) >= 11 is 0. The van der Waals surface area contributed by atoms with Crippen molar-refractivity contribution in [3.63, 3.8) is 0 Å². The maximum Gasteiger partial charge on any atom is 0.317 e. The van der Waals surface area contributed by atoms with E-state index in [1.807, 2.05) is 45.0 Å². The molecule has 0 unspecified atom stereocenters. The third kappa shape index (κ3) is 6.92. The van der Waals surface area contributed by atoms with Gasteiger partial charge in [-0.05, 0) is 68.7 Å². The Labute approximate surface area is 194 Å². The summed E-state index contributed by atoms with van der Waals surface area (Å²) in [7, 11) is 3.87. The fraction of sp³-hybridized carbons (Fsp3) is 0.440. The first kappa shape index (κ1) is 24.5. The van der Waals surface area contributed by atoms with Crippen LogP contribution < -0.4 is 15.5 Å². The van der Waals surface area contributed by atoms with Gasteiger partial charge in [-0.2, -0.15) is 0 Å². The summed E-state index contributed by atoms with van der Waals surface area (Å²) in [5.41, 5.74) is 2.64. The van der Waals surface area contributed by atoms with Crippen molar-refractivity contribution in [1.29, 1.82) is 0 Å². The van der Waals surface area contributed by atoms with Gasteiger partial charge in [-0.1, -0.05) is 6.07 Å². The first-order valence-electron chi connectivity index (χ1n) is 11.3. The van der Waals surface area contributed by atoms with E-state index in [9.17, 15) is 14.0 Å². The van der Waals surface area contributed by atoms with Gasteiger partial charge in [-0.3, -0.25) is 4.79 Å². The second-order valence-electron chi connectivity index (χ2n) is 8.82. The lowest BCUT2D eigenvalue weighted by Gasteiger charge is -2.29. The van der Waals surface area contributed by atoms with Crippen molar-refractivity contribution in [2.24, 2.45) is 0 Å². The Morgan fingerprint density at radius 3 is 2.61 bits per heavy atom. The van der Waals surface area contributed by atoms with Crippen LogP contribution in [0.1, 0.15) is 42.6 Å². The largest absolute Gasteiger partial charge is 0.377 e. The van der Waals surface area contributed by atoms with Gasteiger partial charge in [0.1, 0.15) is 5.82 Å². The zero-order valence-corrected chi connectivity index (χ0v) is 19.7. The van der Waals surface area contributed by atoms with E-state index in [0.29, 0.717) is 18.8 Å². The summed E-state index contributed by atoms with van der Waals surface area (Å²) in [6.45, 7) is 5.42. The highest BCUT2D eigenvalue weighted by molar-refractivity contribution is 6.04. The van der Waals surface area contributed by atoms with Crippen molar-refractivity contribution in [2.75, 3.05) is 37.5 Å². The minimum absolute atomic E-state index is 0.00899. The van der Waals surface area contributed by atoms with E-state index in [-0.39, 0.29) is 23.7 Å². The molecule has 33 heavy (non-hydrogen) atoms. The van der Waals surface area contributed by atoms with Crippen LogP contribution in [0.15, 0.2) is 42.5 Å². The van der Waals surface area contributed by atoms with Gasteiger partial charge in [0.25, 0.3) is 5.91 Å². The molecule has 1 aliphatic heterocycles. The lowest BCUT2D eigenvalue weighted by atomic mass is 10.1. The van der Waals surface area contributed by atoms with Crippen LogP contribution in [0.3, 0.4) is 0 Å². The van der Waals surface area contributed by atoms with E-state index >= 15 is 0 Å². The molecule has 2 aromatic rings. The van der Waals surface area contributed by atoms with Crippen LogP contribution in [-0.4, -0.2) is 56.2 Å². The van der Waals surface area contributed by atoms with Crippen LogP contribution >= 0.6 is 0 Å². The smallest absolute Gasteiger partial charge is 0.317 e. The summed E-state index contributed by atoms with van der Waals surface area (Å²) in [4.78, 5) is 29.3. The summed E-state index contributed by atoms with van der Waals surface area (Å²) in [6, 6.07) is 11.0. The zero-order chi connectivity index (χ0) is 24.0. The maximum absolute atomic E-state index is 13.5. The number of carbonyl (C=O) groups is 2. The van der Waals surface area contributed by atoms with E-state index in [1.165, 1.54) is 18.2 Å². The molecule has 8 heteroatoms. The van der Waals surface area contributed by atoms with E-state index in [2.05, 4.69) is 10.6 Å². The Morgan fingerprint density at radius 2 is 1.97 bits per heavy atom. The second-order valence-corrected chi connectivity index (χ2v) is 8.82.